The molecule has 90 valence electrons. The van der Waals surface area contributed by atoms with Gasteiger partial charge < -0.3 is 10.5 Å². The van der Waals surface area contributed by atoms with E-state index < -0.39 is 0 Å². The molecule has 2 aromatic rings. The lowest BCUT2D eigenvalue weighted by Crippen LogP contribution is -2.01. The molecule has 1 heterocycles. The van der Waals surface area contributed by atoms with Crippen molar-refractivity contribution in [2.75, 3.05) is 12.3 Å². The van der Waals surface area contributed by atoms with Crippen LogP contribution in [-0.4, -0.2) is 16.8 Å². The molecule has 0 fully saturated rings. The number of aryl methyl sites for hydroxylation is 1. The van der Waals surface area contributed by atoms with Crippen LogP contribution in [-0.2, 0) is 12.8 Å². The average molecular weight is 249 g/mol. The molecule has 0 aliphatic carbocycles. The number of aromatic nitrogens is 2. The molecule has 2 N–H and O–H groups in total. The van der Waals surface area contributed by atoms with Crippen LogP contribution < -0.4 is 10.5 Å². The lowest BCUT2D eigenvalue weighted by molar-refractivity contribution is 0.321. The molecule has 0 amide bonds. The van der Waals surface area contributed by atoms with E-state index in [0.29, 0.717) is 11.7 Å². The number of nitrogens with zero attached hydrogens (tertiary/aromatic N) is 2. The first-order valence-electron chi connectivity index (χ1n) is 5.57. The zero-order valence-electron chi connectivity index (χ0n) is 9.72. The molecule has 4 nitrogen and oxygen atoms in total. The Balaban J connectivity index is 1.81. The lowest BCUT2D eigenvalue weighted by atomic mass is 10.2. The molecular formula is C12H15N3OS. The molecule has 0 unspecified atom stereocenters. The van der Waals surface area contributed by atoms with Gasteiger partial charge in [-0.15, -0.1) is 10.2 Å². The minimum absolute atomic E-state index is 0.507. The van der Waals surface area contributed by atoms with Crippen molar-refractivity contribution < 1.29 is 4.74 Å². The number of hydrogen-bond donors (Lipinski definition) is 1. The van der Waals surface area contributed by atoms with Crippen LogP contribution in [0.2, 0.25) is 0 Å². The number of ether oxygens (including phenoxy) is 1. The monoisotopic (exact) mass is 249 g/mol. The zero-order valence-corrected chi connectivity index (χ0v) is 10.5. The van der Waals surface area contributed by atoms with Crippen molar-refractivity contribution in [2.24, 2.45) is 0 Å². The van der Waals surface area contributed by atoms with Gasteiger partial charge in [0.2, 0.25) is 5.13 Å². The molecule has 0 saturated carbocycles. The Morgan fingerprint density at radius 2 is 2.00 bits per heavy atom. The maximum absolute atomic E-state index is 5.62. The van der Waals surface area contributed by atoms with Crippen LogP contribution in [0.1, 0.15) is 17.5 Å². The zero-order chi connectivity index (χ0) is 12.1. The van der Waals surface area contributed by atoms with E-state index in [1.165, 1.54) is 16.9 Å². The summed E-state index contributed by atoms with van der Waals surface area (Å²) in [6.45, 7) is 2.73. The summed E-state index contributed by atoms with van der Waals surface area (Å²) in [5.74, 6) is 0.889. The van der Waals surface area contributed by atoms with Gasteiger partial charge in [0.25, 0.3) is 0 Å². The molecule has 0 aliphatic rings. The first-order chi connectivity index (χ1) is 8.28. The molecule has 2 rings (SSSR count). The molecule has 1 aromatic carbocycles. The van der Waals surface area contributed by atoms with E-state index in [4.69, 9.17) is 10.5 Å². The van der Waals surface area contributed by atoms with Crippen LogP contribution in [0.3, 0.4) is 0 Å². The second-order valence-electron chi connectivity index (χ2n) is 3.63. The number of hydrogen-bond acceptors (Lipinski definition) is 5. The van der Waals surface area contributed by atoms with Crippen LogP contribution >= 0.6 is 11.3 Å². The standard InChI is InChI=1S/C12H15N3OS/c1-2-9-3-5-10(6-4-9)16-8-7-11-14-15-12(13)17-11/h3-6H,2,7-8H2,1H3,(H2,13,15). The summed E-state index contributed by atoms with van der Waals surface area (Å²) in [6, 6.07) is 8.15. The third kappa shape index (κ3) is 3.42. The Bertz CT molecular complexity index is 467. The number of benzene rings is 1. The van der Waals surface area contributed by atoms with Gasteiger partial charge in [-0.05, 0) is 24.1 Å². The highest BCUT2D eigenvalue weighted by molar-refractivity contribution is 7.15. The van der Waals surface area contributed by atoms with E-state index >= 15 is 0 Å². The van der Waals surface area contributed by atoms with Crippen molar-refractivity contribution in [1.29, 1.82) is 0 Å². The van der Waals surface area contributed by atoms with E-state index in [1.807, 2.05) is 12.1 Å². The Hall–Kier alpha value is -1.62. The summed E-state index contributed by atoms with van der Waals surface area (Å²) in [6.07, 6.45) is 1.79. The molecule has 1 aromatic heterocycles. The van der Waals surface area contributed by atoms with Gasteiger partial charge in [0.05, 0.1) is 6.61 Å². The first-order valence-corrected chi connectivity index (χ1v) is 6.39. The van der Waals surface area contributed by atoms with Crippen molar-refractivity contribution in [3.8, 4) is 5.75 Å². The van der Waals surface area contributed by atoms with Gasteiger partial charge in [0.15, 0.2) is 0 Å². The predicted molar refractivity (Wildman–Crippen MR) is 69.3 cm³/mol. The second kappa shape index (κ2) is 5.63. The largest absolute Gasteiger partial charge is 0.493 e. The van der Waals surface area contributed by atoms with E-state index in [2.05, 4.69) is 29.3 Å². The summed E-state index contributed by atoms with van der Waals surface area (Å²) in [5, 5.41) is 9.11. The molecule has 0 bridgehead atoms. The number of anilines is 1. The molecule has 17 heavy (non-hydrogen) atoms. The molecule has 5 heteroatoms. The topological polar surface area (TPSA) is 61.0 Å². The smallest absolute Gasteiger partial charge is 0.203 e. The quantitative estimate of drug-likeness (QED) is 0.883. The maximum atomic E-state index is 5.62. The van der Waals surface area contributed by atoms with Crippen molar-refractivity contribution in [3.05, 3.63) is 34.8 Å². The molecule has 0 spiro atoms. The third-order valence-corrected chi connectivity index (χ3v) is 3.21. The predicted octanol–water partition coefficient (Wildman–Crippen LogP) is 2.30. The van der Waals surface area contributed by atoms with E-state index in [9.17, 15) is 0 Å². The van der Waals surface area contributed by atoms with Crippen LogP contribution in [0.15, 0.2) is 24.3 Å². The summed E-state index contributed by atoms with van der Waals surface area (Å²) in [7, 11) is 0. The highest BCUT2D eigenvalue weighted by Gasteiger charge is 2.01. The highest BCUT2D eigenvalue weighted by atomic mass is 32.1. The first kappa shape index (κ1) is 11.9. The third-order valence-electron chi connectivity index (χ3n) is 2.40. The van der Waals surface area contributed by atoms with Crippen LogP contribution in [0.25, 0.3) is 0 Å². The summed E-state index contributed by atoms with van der Waals surface area (Å²) >= 11 is 1.40. The minimum atomic E-state index is 0.507. The normalized spacial score (nSPS) is 10.4. The molecule has 0 radical (unpaired) electrons. The fraction of sp³-hybridized carbons (Fsp3) is 0.333. The van der Waals surface area contributed by atoms with Gasteiger partial charge in [-0.3, -0.25) is 0 Å². The Morgan fingerprint density at radius 3 is 2.59 bits per heavy atom. The second-order valence-corrected chi connectivity index (χ2v) is 4.72. The summed E-state index contributed by atoms with van der Waals surface area (Å²) < 4.78 is 5.62. The van der Waals surface area contributed by atoms with Crippen molar-refractivity contribution in [2.45, 2.75) is 19.8 Å². The van der Waals surface area contributed by atoms with E-state index in [0.717, 1.165) is 23.6 Å². The average Bonchev–Trinajstić information content (AvgIpc) is 2.76. The maximum Gasteiger partial charge on any atom is 0.203 e. The van der Waals surface area contributed by atoms with Crippen LogP contribution in [0.5, 0.6) is 5.75 Å². The van der Waals surface area contributed by atoms with Gasteiger partial charge in [0.1, 0.15) is 10.8 Å². The Morgan fingerprint density at radius 1 is 1.24 bits per heavy atom. The van der Waals surface area contributed by atoms with Crippen LogP contribution in [0, 0.1) is 0 Å². The molecule has 0 saturated heterocycles. The van der Waals surface area contributed by atoms with Crippen LogP contribution in [0.4, 0.5) is 5.13 Å². The van der Waals surface area contributed by atoms with Gasteiger partial charge in [-0.2, -0.15) is 0 Å². The summed E-state index contributed by atoms with van der Waals surface area (Å²) in [5.41, 5.74) is 6.81. The SMILES string of the molecule is CCc1ccc(OCCc2nnc(N)s2)cc1. The lowest BCUT2D eigenvalue weighted by Gasteiger charge is -2.05. The molecular weight excluding hydrogens is 234 g/mol. The fourth-order valence-electron chi connectivity index (χ4n) is 1.45. The highest BCUT2D eigenvalue weighted by Crippen LogP contribution is 2.14. The van der Waals surface area contributed by atoms with Crippen molar-refractivity contribution >= 4 is 16.5 Å². The molecule has 0 aliphatic heterocycles. The van der Waals surface area contributed by atoms with Crippen molar-refractivity contribution in [3.63, 3.8) is 0 Å². The number of rotatable bonds is 5. The Kier molecular flexibility index (Phi) is 3.93. The van der Waals surface area contributed by atoms with Gasteiger partial charge in [-0.1, -0.05) is 30.4 Å². The van der Waals surface area contributed by atoms with E-state index in [1.54, 1.807) is 0 Å². The van der Waals surface area contributed by atoms with Crippen molar-refractivity contribution in [1.82, 2.24) is 10.2 Å². The van der Waals surface area contributed by atoms with Gasteiger partial charge in [-0.25, -0.2) is 0 Å². The number of nitrogens with two attached hydrogens (primary N) is 1. The Labute approximate surface area is 104 Å². The number of nitrogen functional groups attached to an aromatic ring is 1. The summed E-state index contributed by atoms with van der Waals surface area (Å²) in [4.78, 5) is 0. The van der Waals surface area contributed by atoms with E-state index in [-0.39, 0.29) is 0 Å². The fourth-order valence-corrected chi connectivity index (χ4v) is 2.04. The molecule has 0 atom stereocenters. The van der Waals surface area contributed by atoms with Gasteiger partial charge >= 0.3 is 0 Å². The van der Waals surface area contributed by atoms with Gasteiger partial charge in [0, 0.05) is 6.42 Å². The minimum Gasteiger partial charge on any atom is -0.493 e.